The van der Waals surface area contributed by atoms with E-state index in [-0.39, 0.29) is 11.4 Å². The van der Waals surface area contributed by atoms with Crippen LogP contribution in [0.4, 0.5) is 4.39 Å². The van der Waals surface area contributed by atoms with Crippen molar-refractivity contribution >= 4 is 10.9 Å². The standard InChI is InChI=1S/C16H20FN3O2/c1-10(2)19-7-5-12(6-8-19)20-15(21)13-9-11(17)3-4-14(13)18-16(20)22/h3-4,9-10,12H,5-8H2,1-2H3,(H,18,22). The SMILES string of the molecule is CC(C)N1CCC(n2c(=O)[nH]c3ccc(F)cc3c2=O)CC1. The summed E-state index contributed by atoms with van der Waals surface area (Å²) < 4.78 is 14.6. The number of hydrogen-bond donors (Lipinski definition) is 1. The molecule has 0 amide bonds. The number of likely N-dealkylation sites (tertiary alicyclic amines) is 1. The van der Waals surface area contributed by atoms with Crippen molar-refractivity contribution in [2.75, 3.05) is 13.1 Å². The number of aromatic amines is 1. The first kappa shape index (κ1) is 15.0. The van der Waals surface area contributed by atoms with E-state index in [1.54, 1.807) is 0 Å². The molecule has 5 nitrogen and oxygen atoms in total. The Kier molecular flexibility index (Phi) is 3.87. The molecule has 0 saturated carbocycles. The molecule has 0 atom stereocenters. The second-order valence-corrected chi connectivity index (χ2v) is 6.16. The van der Waals surface area contributed by atoms with E-state index in [2.05, 4.69) is 23.7 Å². The third-order valence-electron chi connectivity index (χ3n) is 4.49. The molecule has 2 aromatic rings. The van der Waals surface area contributed by atoms with Crippen LogP contribution in [0, 0.1) is 5.82 Å². The lowest BCUT2D eigenvalue weighted by Crippen LogP contribution is -2.45. The molecule has 1 aromatic heterocycles. The largest absolute Gasteiger partial charge is 0.329 e. The van der Waals surface area contributed by atoms with Gasteiger partial charge in [0.15, 0.2) is 0 Å². The maximum absolute atomic E-state index is 13.4. The highest BCUT2D eigenvalue weighted by Crippen LogP contribution is 2.21. The highest BCUT2D eigenvalue weighted by molar-refractivity contribution is 5.77. The molecule has 0 bridgehead atoms. The number of fused-ring (bicyclic) bond motifs is 1. The highest BCUT2D eigenvalue weighted by Gasteiger charge is 2.24. The first-order chi connectivity index (χ1) is 10.5. The minimum atomic E-state index is -0.474. The van der Waals surface area contributed by atoms with Crippen molar-refractivity contribution in [1.29, 1.82) is 0 Å². The molecule has 1 saturated heterocycles. The van der Waals surface area contributed by atoms with E-state index in [1.165, 1.54) is 22.8 Å². The fraction of sp³-hybridized carbons (Fsp3) is 0.500. The zero-order valence-electron chi connectivity index (χ0n) is 12.8. The lowest BCUT2D eigenvalue weighted by Gasteiger charge is -2.34. The number of hydrogen-bond acceptors (Lipinski definition) is 3. The Bertz CT molecular complexity index is 801. The Labute approximate surface area is 127 Å². The van der Waals surface area contributed by atoms with Crippen LogP contribution in [0.5, 0.6) is 0 Å². The summed E-state index contributed by atoms with van der Waals surface area (Å²) in [6.07, 6.45) is 1.50. The van der Waals surface area contributed by atoms with Crippen LogP contribution < -0.4 is 11.2 Å². The van der Waals surface area contributed by atoms with Crippen LogP contribution in [0.2, 0.25) is 0 Å². The second kappa shape index (κ2) is 5.68. The normalized spacial score (nSPS) is 17.5. The van der Waals surface area contributed by atoms with Gasteiger partial charge in [-0.1, -0.05) is 0 Å². The maximum Gasteiger partial charge on any atom is 0.329 e. The fourth-order valence-electron chi connectivity index (χ4n) is 3.19. The quantitative estimate of drug-likeness (QED) is 0.921. The molecule has 1 aliphatic heterocycles. The smallest absolute Gasteiger partial charge is 0.307 e. The zero-order chi connectivity index (χ0) is 15.9. The molecule has 22 heavy (non-hydrogen) atoms. The average Bonchev–Trinajstić information content (AvgIpc) is 2.49. The van der Waals surface area contributed by atoms with Gasteiger partial charge in [0.05, 0.1) is 10.9 Å². The van der Waals surface area contributed by atoms with Gasteiger partial charge in [0.1, 0.15) is 5.82 Å². The first-order valence-corrected chi connectivity index (χ1v) is 7.65. The fourth-order valence-corrected chi connectivity index (χ4v) is 3.19. The van der Waals surface area contributed by atoms with E-state index < -0.39 is 17.1 Å². The monoisotopic (exact) mass is 305 g/mol. The van der Waals surface area contributed by atoms with Gasteiger partial charge in [-0.25, -0.2) is 9.18 Å². The van der Waals surface area contributed by atoms with E-state index in [4.69, 9.17) is 0 Å². The molecular weight excluding hydrogens is 285 g/mol. The molecule has 3 rings (SSSR count). The van der Waals surface area contributed by atoms with Gasteiger partial charge in [-0.15, -0.1) is 0 Å². The van der Waals surface area contributed by atoms with Gasteiger partial charge in [-0.05, 0) is 44.9 Å². The Morgan fingerprint density at radius 1 is 1.23 bits per heavy atom. The average molecular weight is 305 g/mol. The summed E-state index contributed by atoms with van der Waals surface area (Å²) in [7, 11) is 0. The first-order valence-electron chi connectivity index (χ1n) is 7.65. The molecule has 0 unspecified atom stereocenters. The van der Waals surface area contributed by atoms with Crippen LogP contribution in [0.1, 0.15) is 32.7 Å². The second-order valence-electron chi connectivity index (χ2n) is 6.16. The van der Waals surface area contributed by atoms with Crippen molar-refractivity contribution < 1.29 is 4.39 Å². The van der Waals surface area contributed by atoms with Crippen LogP contribution in [-0.4, -0.2) is 33.6 Å². The third kappa shape index (κ3) is 2.59. The molecule has 0 radical (unpaired) electrons. The molecule has 0 aliphatic carbocycles. The molecule has 6 heteroatoms. The van der Waals surface area contributed by atoms with Gasteiger partial charge < -0.3 is 9.88 Å². The number of benzene rings is 1. The van der Waals surface area contributed by atoms with E-state index in [9.17, 15) is 14.0 Å². The van der Waals surface area contributed by atoms with Gasteiger partial charge in [0.25, 0.3) is 5.56 Å². The van der Waals surface area contributed by atoms with Crippen molar-refractivity contribution in [1.82, 2.24) is 14.5 Å². The zero-order valence-corrected chi connectivity index (χ0v) is 12.8. The number of rotatable bonds is 2. The van der Waals surface area contributed by atoms with Crippen molar-refractivity contribution in [3.05, 3.63) is 44.9 Å². The Morgan fingerprint density at radius 2 is 1.91 bits per heavy atom. The summed E-state index contributed by atoms with van der Waals surface area (Å²) in [4.78, 5) is 29.8. The van der Waals surface area contributed by atoms with Crippen molar-refractivity contribution in [3.63, 3.8) is 0 Å². The molecule has 1 aliphatic rings. The molecule has 118 valence electrons. The van der Waals surface area contributed by atoms with Gasteiger partial charge in [0.2, 0.25) is 0 Å². The number of halogens is 1. The molecule has 1 N–H and O–H groups in total. The Balaban J connectivity index is 2.01. The summed E-state index contributed by atoms with van der Waals surface area (Å²) in [6.45, 7) is 5.99. The van der Waals surface area contributed by atoms with Crippen LogP contribution in [-0.2, 0) is 0 Å². The number of piperidine rings is 1. The Hall–Kier alpha value is -1.95. The summed E-state index contributed by atoms with van der Waals surface area (Å²) in [5.41, 5.74) is -0.430. The van der Waals surface area contributed by atoms with Crippen molar-refractivity contribution in [2.45, 2.75) is 38.8 Å². The lowest BCUT2D eigenvalue weighted by atomic mass is 10.0. The highest BCUT2D eigenvalue weighted by atomic mass is 19.1. The summed E-state index contributed by atoms with van der Waals surface area (Å²) >= 11 is 0. The molecule has 1 fully saturated rings. The van der Waals surface area contributed by atoms with Gasteiger partial charge in [-0.3, -0.25) is 9.36 Å². The van der Waals surface area contributed by atoms with Crippen LogP contribution in [0.25, 0.3) is 10.9 Å². The summed E-state index contributed by atoms with van der Waals surface area (Å²) in [5.74, 6) is -0.474. The molecular formula is C16H20FN3O2. The van der Waals surface area contributed by atoms with E-state index in [0.717, 1.165) is 25.9 Å². The van der Waals surface area contributed by atoms with Gasteiger partial charge in [0, 0.05) is 25.2 Å². The topological polar surface area (TPSA) is 58.1 Å². The molecule has 0 spiro atoms. The van der Waals surface area contributed by atoms with Crippen LogP contribution in [0.15, 0.2) is 27.8 Å². The Morgan fingerprint density at radius 3 is 2.55 bits per heavy atom. The third-order valence-corrected chi connectivity index (χ3v) is 4.49. The van der Waals surface area contributed by atoms with Crippen LogP contribution in [0.3, 0.4) is 0 Å². The van der Waals surface area contributed by atoms with Crippen molar-refractivity contribution in [3.8, 4) is 0 Å². The van der Waals surface area contributed by atoms with E-state index >= 15 is 0 Å². The maximum atomic E-state index is 13.4. The predicted molar refractivity (Wildman–Crippen MR) is 83.8 cm³/mol. The van der Waals surface area contributed by atoms with E-state index in [0.29, 0.717) is 11.6 Å². The number of nitrogens with zero attached hydrogens (tertiary/aromatic N) is 2. The number of H-pyrrole nitrogens is 1. The van der Waals surface area contributed by atoms with E-state index in [1.807, 2.05) is 0 Å². The van der Waals surface area contributed by atoms with Crippen LogP contribution >= 0.6 is 0 Å². The predicted octanol–water partition coefficient (Wildman–Crippen LogP) is 1.87. The van der Waals surface area contributed by atoms with Crippen molar-refractivity contribution in [2.24, 2.45) is 0 Å². The number of aromatic nitrogens is 2. The molecule has 1 aromatic carbocycles. The lowest BCUT2D eigenvalue weighted by molar-refractivity contribution is 0.149. The molecule has 2 heterocycles. The minimum absolute atomic E-state index is 0.126. The minimum Gasteiger partial charge on any atom is -0.307 e. The van der Waals surface area contributed by atoms with Gasteiger partial charge >= 0.3 is 5.69 Å². The van der Waals surface area contributed by atoms with Gasteiger partial charge in [-0.2, -0.15) is 0 Å². The number of nitrogens with one attached hydrogen (secondary N) is 1. The summed E-state index contributed by atoms with van der Waals surface area (Å²) in [6, 6.07) is 4.19. The summed E-state index contributed by atoms with van der Waals surface area (Å²) in [5, 5.41) is 0.228.